The fourth-order valence-corrected chi connectivity index (χ4v) is 6.47. The summed E-state index contributed by atoms with van der Waals surface area (Å²) in [5.74, 6) is 0.720. The highest BCUT2D eigenvalue weighted by Gasteiger charge is 2.40. The van der Waals surface area contributed by atoms with Gasteiger partial charge in [0.25, 0.3) is 5.91 Å². The topological polar surface area (TPSA) is 78.3 Å². The molecule has 0 unspecified atom stereocenters. The van der Waals surface area contributed by atoms with Gasteiger partial charge in [0.05, 0.1) is 34.7 Å². The van der Waals surface area contributed by atoms with Gasteiger partial charge in [-0.05, 0) is 72.4 Å². The predicted molar refractivity (Wildman–Crippen MR) is 146 cm³/mol. The fourth-order valence-electron chi connectivity index (χ4n) is 4.15. The second-order valence-corrected chi connectivity index (χ2v) is 10.1. The molecule has 0 saturated carbocycles. The third-order valence-corrected chi connectivity index (χ3v) is 8.36. The van der Waals surface area contributed by atoms with Gasteiger partial charge in [0.1, 0.15) is 16.4 Å². The first-order valence-electron chi connectivity index (χ1n) is 11.1. The van der Waals surface area contributed by atoms with E-state index >= 15 is 0 Å². The number of anilines is 2. The van der Waals surface area contributed by atoms with Gasteiger partial charge in [-0.25, -0.2) is 4.99 Å². The summed E-state index contributed by atoms with van der Waals surface area (Å²) in [6, 6.07) is 22.1. The van der Waals surface area contributed by atoms with Crippen molar-refractivity contribution in [3.63, 3.8) is 0 Å². The molecule has 178 valence electrons. The molecule has 0 spiro atoms. The Morgan fingerprint density at radius 2 is 1.83 bits per heavy atom. The van der Waals surface area contributed by atoms with Crippen LogP contribution in [0.15, 0.2) is 98.8 Å². The Bertz CT molecular complexity index is 1580. The predicted octanol–water partition coefficient (Wildman–Crippen LogP) is 6.13. The lowest BCUT2D eigenvalue weighted by atomic mass is 10.2. The Kier molecular flexibility index (Phi) is 5.58. The first-order chi connectivity index (χ1) is 17.5. The van der Waals surface area contributed by atoms with Crippen molar-refractivity contribution in [3.8, 4) is 11.5 Å². The van der Waals surface area contributed by atoms with Crippen LogP contribution in [-0.2, 0) is 4.79 Å². The number of nitrogens with zero attached hydrogens (tertiary/aromatic N) is 4. The summed E-state index contributed by atoms with van der Waals surface area (Å²) < 4.78 is 5.40. The van der Waals surface area contributed by atoms with Gasteiger partial charge in [-0.1, -0.05) is 17.8 Å². The molecular weight excluding hydrogens is 492 g/mol. The number of phenols is 1. The molecule has 1 aromatic heterocycles. The minimum absolute atomic E-state index is 0.130. The smallest absolute Gasteiger partial charge is 0.274 e. The summed E-state index contributed by atoms with van der Waals surface area (Å²) in [6.45, 7) is 0. The third-order valence-electron chi connectivity index (χ3n) is 5.96. The van der Waals surface area contributed by atoms with Crippen molar-refractivity contribution in [1.29, 1.82) is 0 Å². The average molecular weight is 513 g/mol. The van der Waals surface area contributed by atoms with E-state index in [9.17, 15) is 9.90 Å². The van der Waals surface area contributed by atoms with E-state index in [1.165, 1.54) is 11.8 Å². The van der Waals surface area contributed by atoms with Crippen molar-refractivity contribution in [1.82, 2.24) is 4.98 Å². The Balaban J connectivity index is 1.49. The van der Waals surface area contributed by atoms with Gasteiger partial charge in [0, 0.05) is 29.6 Å². The normalized spacial score (nSPS) is 18.4. The van der Waals surface area contributed by atoms with Crippen LogP contribution in [-0.4, -0.2) is 35.3 Å². The second-order valence-electron chi connectivity index (χ2n) is 8.13. The van der Waals surface area contributed by atoms with Crippen molar-refractivity contribution < 1.29 is 14.6 Å². The van der Waals surface area contributed by atoms with E-state index in [2.05, 4.69) is 4.98 Å². The third kappa shape index (κ3) is 3.77. The lowest BCUT2D eigenvalue weighted by Gasteiger charge is -2.17. The molecule has 7 nitrogen and oxygen atoms in total. The van der Waals surface area contributed by atoms with Gasteiger partial charge < -0.3 is 14.7 Å². The van der Waals surface area contributed by atoms with Crippen LogP contribution in [0.4, 0.5) is 17.1 Å². The van der Waals surface area contributed by atoms with E-state index in [4.69, 9.17) is 9.73 Å². The summed E-state index contributed by atoms with van der Waals surface area (Å²) >= 11 is 2.89. The lowest BCUT2D eigenvalue weighted by Crippen LogP contribution is -2.29. The number of benzene rings is 3. The number of hydrogen-bond donors (Lipinski definition) is 1. The van der Waals surface area contributed by atoms with E-state index in [1.54, 1.807) is 54.2 Å². The largest absolute Gasteiger partial charge is 0.508 e. The van der Waals surface area contributed by atoms with Crippen LogP contribution < -0.4 is 14.5 Å². The van der Waals surface area contributed by atoms with Gasteiger partial charge in [0.15, 0.2) is 5.17 Å². The SMILES string of the molecule is COc1ccc2c(c1)N(C)/C(=C1/SC(=Nc3cccc4ncccc34)N(c3ccc(O)cc3)C1=O)S2. The number of carbonyl (C=O) groups is 1. The molecule has 0 radical (unpaired) electrons. The second kappa shape index (κ2) is 8.92. The van der Waals surface area contributed by atoms with E-state index in [1.807, 2.05) is 60.5 Å². The molecule has 3 aromatic carbocycles. The first kappa shape index (κ1) is 22.5. The summed E-state index contributed by atoms with van der Waals surface area (Å²) in [5, 5.41) is 12.1. The van der Waals surface area contributed by atoms with Gasteiger partial charge in [-0.15, -0.1) is 0 Å². The number of aliphatic imine (C=N–C) groups is 1. The van der Waals surface area contributed by atoms with Crippen LogP contribution in [0, 0.1) is 0 Å². The maximum Gasteiger partial charge on any atom is 0.274 e. The number of amides is 1. The maximum atomic E-state index is 13.9. The van der Waals surface area contributed by atoms with E-state index < -0.39 is 0 Å². The zero-order valence-electron chi connectivity index (χ0n) is 19.4. The molecule has 1 fully saturated rings. The molecule has 2 aliphatic rings. The molecule has 1 N–H and O–H groups in total. The molecule has 6 rings (SSSR count). The number of fused-ring (bicyclic) bond motifs is 2. The summed E-state index contributed by atoms with van der Waals surface area (Å²) in [4.78, 5) is 28.5. The summed E-state index contributed by atoms with van der Waals surface area (Å²) in [5.41, 5.74) is 3.17. The van der Waals surface area contributed by atoms with Gasteiger partial charge >= 0.3 is 0 Å². The van der Waals surface area contributed by atoms with E-state index in [0.717, 1.165) is 38.0 Å². The Morgan fingerprint density at radius 1 is 1.00 bits per heavy atom. The zero-order valence-corrected chi connectivity index (χ0v) is 21.0. The number of phenolic OH excluding ortho intramolecular Hbond substituents is 1. The number of aromatic hydroxyl groups is 1. The van der Waals surface area contributed by atoms with Crippen molar-refractivity contribution in [2.24, 2.45) is 4.99 Å². The number of rotatable bonds is 3. The van der Waals surface area contributed by atoms with Crippen molar-refractivity contribution in [2.45, 2.75) is 4.90 Å². The average Bonchev–Trinajstić information content (AvgIpc) is 3.40. The van der Waals surface area contributed by atoms with Crippen LogP contribution in [0.1, 0.15) is 0 Å². The molecule has 0 atom stereocenters. The van der Waals surface area contributed by atoms with Crippen molar-refractivity contribution >= 4 is 62.6 Å². The summed E-state index contributed by atoms with van der Waals surface area (Å²) in [7, 11) is 3.59. The molecule has 2 aliphatic heterocycles. The van der Waals surface area contributed by atoms with Crippen molar-refractivity contribution in [3.05, 3.63) is 88.9 Å². The number of carbonyl (C=O) groups excluding carboxylic acids is 1. The van der Waals surface area contributed by atoms with Gasteiger partial charge in [0.2, 0.25) is 0 Å². The van der Waals surface area contributed by atoms with Crippen LogP contribution in [0.2, 0.25) is 0 Å². The van der Waals surface area contributed by atoms with Crippen LogP contribution in [0.3, 0.4) is 0 Å². The quantitative estimate of drug-likeness (QED) is 0.331. The number of ether oxygens (including phenoxy) is 1. The minimum atomic E-state index is -0.170. The highest BCUT2D eigenvalue weighted by molar-refractivity contribution is 8.20. The molecule has 9 heteroatoms. The van der Waals surface area contributed by atoms with Gasteiger partial charge in [-0.2, -0.15) is 0 Å². The van der Waals surface area contributed by atoms with Crippen molar-refractivity contribution in [2.75, 3.05) is 24.0 Å². The van der Waals surface area contributed by atoms with Crippen LogP contribution in [0.5, 0.6) is 11.5 Å². The minimum Gasteiger partial charge on any atom is -0.508 e. The first-order valence-corrected chi connectivity index (χ1v) is 12.7. The summed E-state index contributed by atoms with van der Waals surface area (Å²) in [6.07, 6.45) is 1.75. The Morgan fingerprint density at radius 3 is 2.64 bits per heavy atom. The number of aromatic nitrogens is 1. The molecule has 1 amide bonds. The molecule has 0 bridgehead atoms. The van der Waals surface area contributed by atoms with Crippen LogP contribution in [0.25, 0.3) is 10.9 Å². The monoisotopic (exact) mass is 512 g/mol. The maximum absolute atomic E-state index is 13.9. The zero-order chi connectivity index (χ0) is 24.8. The Labute approximate surface area is 216 Å². The van der Waals surface area contributed by atoms with E-state index in [0.29, 0.717) is 15.8 Å². The number of amidine groups is 1. The molecule has 4 aromatic rings. The molecule has 3 heterocycles. The molecule has 0 aliphatic carbocycles. The lowest BCUT2D eigenvalue weighted by molar-refractivity contribution is -0.113. The molecule has 36 heavy (non-hydrogen) atoms. The highest BCUT2D eigenvalue weighted by atomic mass is 32.2. The molecule has 1 saturated heterocycles. The fraction of sp³-hybridized carbons (Fsp3) is 0.0741. The van der Waals surface area contributed by atoms with Gasteiger partial charge in [-0.3, -0.25) is 14.7 Å². The Hall–Kier alpha value is -3.95. The standard InChI is InChI=1S/C27H20N4O3S2/c1-30-22-15-18(34-2)12-13-23(22)35-26(30)24-25(33)31(16-8-10-17(32)11-9-16)27(36-24)29-21-7-3-6-20-19(21)5-4-14-28-20/h3-15,32H,1-2H3/b26-24-,29-27?. The van der Waals surface area contributed by atoms with Crippen LogP contribution >= 0.6 is 23.5 Å². The molecular formula is C27H20N4O3S2. The van der Waals surface area contributed by atoms with E-state index in [-0.39, 0.29) is 11.7 Å². The number of pyridine rings is 1. The number of methoxy groups -OCH3 is 1. The number of thioether (sulfide) groups is 2. The highest BCUT2D eigenvalue weighted by Crippen LogP contribution is 2.51. The number of hydrogen-bond acceptors (Lipinski definition) is 8.